The summed E-state index contributed by atoms with van der Waals surface area (Å²) in [6, 6.07) is 0. The van der Waals surface area contributed by atoms with Gasteiger partial charge in [0.15, 0.2) is 0 Å². The van der Waals surface area contributed by atoms with Crippen LogP contribution in [-0.2, 0) is 14.3 Å². The van der Waals surface area contributed by atoms with E-state index in [1.54, 1.807) is 0 Å². The smallest absolute Gasteiger partial charge is 0.307 e. The molecule has 0 aromatic carbocycles. The van der Waals surface area contributed by atoms with E-state index in [4.69, 9.17) is 9.47 Å². The summed E-state index contributed by atoms with van der Waals surface area (Å²) in [5, 5.41) is 3.44. The lowest BCUT2D eigenvalue weighted by atomic mass is 9.81. The zero-order valence-electron chi connectivity index (χ0n) is 10.7. The summed E-state index contributed by atoms with van der Waals surface area (Å²) >= 11 is 0. The number of hydrogen-bond acceptors (Lipinski definition) is 4. The maximum absolute atomic E-state index is 11.5. The molecule has 0 aromatic heterocycles. The van der Waals surface area contributed by atoms with Gasteiger partial charge in [0, 0.05) is 5.54 Å². The van der Waals surface area contributed by atoms with Crippen LogP contribution in [0.15, 0.2) is 0 Å². The zero-order valence-corrected chi connectivity index (χ0v) is 10.7. The minimum Gasteiger partial charge on any atom is -0.469 e. The first kappa shape index (κ1) is 13.5. The van der Waals surface area contributed by atoms with Gasteiger partial charge in [-0.25, -0.2) is 0 Å². The molecule has 0 saturated carbocycles. The Bertz CT molecular complexity index is 232. The van der Waals surface area contributed by atoms with E-state index in [1.807, 2.05) is 0 Å². The summed E-state index contributed by atoms with van der Waals surface area (Å²) in [6.45, 7) is 7.03. The highest BCUT2D eigenvalue weighted by Gasteiger charge is 2.39. The molecule has 2 unspecified atom stereocenters. The molecule has 0 radical (unpaired) electrons. The Morgan fingerprint density at radius 3 is 2.44 bits per heavy atom. The van der Waals surface area contributed by atoms with Crippen LogP contribution in [0.3, 0.4) is 0 Å². The zero-order chi connectivity index (χ0) is 12.2. The number of methoxy groups -OCH3 is 1. The second kappa shape index (κ2) is 5.64. The van der Waals surface area contributed by atoms with E-state index in [1.165, 1.54) is 7.11 Å². The molecule has 16 heavy (non-hydrogen) atoms. The molecule has 1 saturated heterocycles. The van der Waals surface area contributed by atoms with Crippen LogP contribution in [0.4, 0.5) is 0 Å². The van der Waals surface area contributed by atoms with E-state index in [0.29, 0.717) is 6.42 Å². The third-order valence-corrected chi connectivity index (χ3v) is 3.08. The van der Waals surface area contributed by atoms with Gasteiger partial charge >= 0.3 is 5.97 Å². The molecule has 0 aliphatic carbocycles. The predicted octanol–water partition coefficient (Wildman–Crippen LogP) is 1.49. The molecule has 1 heterocycles. The van der Waals surface area contributed by atoms with Crippen LogP contribution < -0.4 is 5.32 Å². The number of rotatable bonds is 4. The summed E-state index contributed by atoms with van der Waals surface area (Å²) in [7, 11) is 1.44. The standard InChI is InChI=1S/C12H23NO3/c1-5-13-12(8-11(14)15-4)6-9(2)16-10(3)7-12/h9-10,13H,5-8H2,1-4H3. The Balaban J connectivity index is 2.73. The molecule has 1 aliphatic rings. The van der Waals surface area contributed by atoms with Crippen LogP contribution in [0.5, 0.6) is 0 Å². The van der Waals surface area contributed by atoms with Gasteiger partial charge in [-0.15, -0.1) is 0 Å². The maximum Gasteiger partial charge on any atom is 0.307 e. The van der Waals surface area contributed by atoms with Gasteiger partial charge < -0.3 is 14.8 Å². The quantitative estimate of drug-likeness (QED) is 0.742. The Kier molecular flexibility index (Phi) is 4.74. The molecular formula is C12H23NO3. The topological polar surface area (TPSA) is 47.6 Å². The molecule has 94 valence electrons. The molecule has 0 amide bonds. The molecule has 0 aromatic rings. The molecule has 1 fully saturated rings. The summed E-state index contributed by atoms with van der Waals surface area (Å²) in [5.74, 6) is -0.151. The lowest BCUT2D eigenvalue weighted by molar-refractivity contribution is -0.145. The summed E-state index contributed by atoms with van der Waals surface area (Å²) in [4.78, 5) is 11.5. The SMILES string of the molecule is CCNC1(CC(=O)OC)CC(C)OC(C)C1. The van der Waals surface area contributed by atoms with Gasteiger partial charge in [0.2, 0.25) is 0 Å². The largest absolute Gasteiger partial charge is 0.469 e. The third kappa shape index (κ3) is 3.46. The van der Waals surface area contributed by atoms with Gasteiger partial charge in [-0.2, -0.15) is 0 Å². The summed E-state index contributed by atoms with van der Waals surface area (Å²) in [5.41, 5.74) is -0.154. The van der Waals surface area contributed by atoms with Gasteiger partial charge in [-0.05, 0) is 33.2 Å². The van der Waals surface area contributed by atoms with Crippen LogP contribution in [0.25, 0.3) is 0 Å². The third-order valence-electron chi connectivity index (χ3n) is 3.08. The van der Waals surface area contributed by atoms with E-state index < -0.39 is 0 Å². The van der Waals surface area contributed by atoms with Crippen LogP contribution >= 0.6 is 0 Å². The van der Waals surface area contributed by atoms with Gasteiger partial charge in [0.05, 0.1) is 25.7 Å². The summed E-state index contributed by atoms with van der Waals surface area (Å²) in [6.07, 6.45) is 2.52. The van der Waals surface area contributed by atoms with Crippen molar-refractivity contribution in [3.63, 3.8) is 0 Å². The highest BCUT2D eigenvalue weighted by Crippen LogP contribution is 2.31. The molecule has 0 bridgehead atoms. The first-order valence-corrected chi connectivity index (χ1v) is 5.98. The van der Waals surface area contributed by atoms with Crippen molar-refractivity contribution in [2.45, 2.75) is 57.8 Å². The lowest BCUT2D eigenvalue weighted by Gasteiger charge is -2.43. The number of esters is 1. The van der Waals surface area contributed by atoms with Crippen LogP contribution in [0, 0.1) is 0 Å². The average molecular weight is 229 g/mol. The number of carbonyl (C=O) groups is 1. The molecule has 1 aliphatic heterocycles. The van der Waals surface area contributed by atoms with Crippen molar-refractivity contribution in [3.05, 3.63) is 0 Å². The second-order valence-electron chi connectivity index (χ2n) is 4.73. The highest BCUT2D eigenvalue weighted by molar-refractivity contribution is 5.70. The summed E-state index contributed by atoms with van der Waals surface area (Å²) < 4.78 is 10.5. The van der Waals surface area contributed by atoms with Crippen molar-refractivity contribution in [3.8, 4) is 0 Å². The predicted molar refractivity (Wildman–Crippen MR) is 62.3 cm³/mol. The maximum atomic E-state index is 11.5. The van der Waals surface area contributed by atoms with Crippen molar-refractivity contribution in [2.75, 3.05) is 13.7 Å². The highest BCUT2D eigenvalue weighted by atomic mass is 16.5. The van der Waals surface area contributed by atoms with Crippen LogP contribution in [0.1, 0.15) is 40.0 Å². The first-order chi connectivity index (χ1) is 7.51. The Hall–Kier alpha value is -0.610. The van der Waals surface area contributed by atoms with E-state index in [0.717, 1.165) is 19.4 Å². The van der Waals surface area contributed by atoms with Gasteiger partial charge in [0.25, 0.3) is 0 Å². The number of nitrogens with one attached hydrogen (secondary N) is 1. The molecular weight excluding hydrogens is 206 g/mol. The van der Waals surface area contributed by atoms with E-state index in [2.05, 4.69) is 26.1 Å². The molecule has 2 atom stereocenters. The molecule has 4 nitrogen and oxygen atoms in total. The fourth-order valence-electron chi connectivity index (χ4n) is 2.75. The molecule has 1 rings (SSSR count). The number of carbonyl (C=O) groups excluding carboxylic acids is 1. The fourth-order valence-corrected chi connectivity index (χ4v) is 2.75. The minimum atomic E-state index is -0.154. The van der Waals surface area contributed by atoms with Gasteiger partial charge in [0.1, 0.15) is 0 Å². The van der Waals surface area contributed by atoms with Crippen LogP contribution in [0.2, 0.25) is 0 Å². The van der Waals surface area contributed by atoms with Gasteiger partial charge in [-0.3, -0.25) is 4.79 Å². The van der Waals surface area contributed by atoms with Crippen LogP contribution in [-0.4, -0.2) is 37.4 Å². The Morgan fingerprint density at radius 2 is 2.00 bits per heavy atom. The second-order valence-corrected chi connectivity index (χ2v) is 4.73. The Morgan fingerprint density at radius 1 is 1.44 bits per heavy atom. The van der Waals surface area contributed by atoms with E-state index >= 15 is 0 Å². The normalized spacial score (nSPS) is 34.8. The lowest BCUT2D eigenvalue weighted by Crippen LogP contribution is -2.54. The van der Waals surface area contributed by atoms with Crippen molar-refractivity contribution in [1.29, 1.82) is 0 Å². The van der Waals surface area contributed by atoms with Crippen molar-refractivity contribution in [2.24, 2.45) is 0 Å². The Labute approximate surface area is 97.7 Å². The minimum absolute atomic E-state index is 0.151. The fraction of sp³-hybridized carbons (Fsp3) is 0.917. The van der Waals surface area contributed by atoms with Crippen molar-refractivity contribution >= 4 is 5.97 Å². The number of hydrogen-bond donors (Lipinski definition) is 1. The molecule has 0 spiro atoms. The van der Waals surface area contributed by atoms with Crippen molar-refractivity contribution in [1.82, 2.24) is 5.32 Å². The molecule has 1 N–H and O–H groups in total. The average Bonchev–Trinajstić information content (AvgIpc) is 2.15. The number of ether oxygens (including phenoxy) is 2. The molecule has 4 heteroatoms. The first-order valence-electron chi connectivity index (χ1n) is 5.98. The van der Waals surface area contributed by atoms with E-state index in [-0.39, 0.29) is 23.7 Å². The van der Waals surface area contributed by atoms with Gasteiger partial charge in [-0.1, -0.05) is 6.92 Å². The van der Waals surface area contributed by atoms with Crippen molar-refractivity contribution < 1.29 is 14.3 Å². The van der Waals surface area contributed by atoms with E-state index in [9.17, 15) is 4.79 Å². The monoisotopic (exact) mass is 229 g/mol.